The van der Waals surface area contributed by atoms with Gasteiger partial charge in [0.05, 0.1) is 0 Å². The van der Waals surface area contributed by atoms with E-state index in [0.29, 0.717) is 17.1 Å². The molecule has 0 aromatic heterocycles. The highest BCUT2D eigenvalue weighted by Crippen LogP contribution is 2.26. The van der Waals surface area contributed by atoms with Crippen molar-refractivity contribution in [1.82, 2.24) is 0 Å². The van der Waals surface area contributed by atoms with E-state index in [1.165, 1.54) is 11.1 Å². The van der Waals surface area contributed by atoms with E-state index in [0.717, 1.165) is 15.7 Å². The number of rotatable bonds is 4. The second-order valence-electron chi connectivity index (χ2n) is 4.95. The second-order valence-corrected chi connectivity index (χ2v) is 6.15. The standard InChI is InChI=1S/C16H16BrClN2O/c1-9-5-13(6-10(2)15(9)17)20-8-12-4-3-11(16(19)21)7-14(12)18/h3-7,20H,8H2,1-2H3,(H2,19,21). The van der Waals surface area contributed by atoms with E-state index in [2.05, 4.69) is 47.2 Å². The number of hydrogen-bond donors (Lipinski definition) is 2. The van der Waals surface area contributed by atoms with Gasteiger partial charge in [0.15, 0.2) is 0 Å². The first kappa shape index (κ1) is 15.9. The molecule has 0 spiro atoms. The van der Waals surface area contributed by atoms with Gasteiger partial charge in [-0.05, 0) is 54.8 Å². The summed E-state index contributed by atoms with van der Waals surface area (Å²) in [6.45, 7) is 4.69. The fraction of sp³-hybridized carbons (Fsp3) is 0.188. The van der Waals surface area contributed by atoms with Gasteiger partial charge in [-0.15, -0.1) is 0 Å². The minimum absolute atomic E-state index is 0.416. The van der Waals surface area contributed by atoms with Crippen LogP contribution in [0.3, 0.4) is 0 Å². The summed E-state index contributed by atoms with van der Waals surface area (Å²) in [7, 11) is 0. The minimum Gasteiger partial charge on any atom is -0.381 e. The lowest BCUT2D eigenvalue weighted by Gasteiger charge is -2.12. The van der Waals surface area contributed by atoms with Crippen molar-refractivity contribution in [3.8, 4) is 0 Å². The van der Waals surface area contributed by atoms with Gasteiger partial charge in [-0.3, -0.25) is 4.79 Å². The number of nitrogens with two attached hydrogens (primary N) is 1. The Kier molecular flexibility index (Phi) is 4.91. The molecule has 2 aromatic carbocycles. The van der Waals surface area contributed by atoms with Crippen LogP contribution in [0.4, 0.5) is 5.69 Å². The SMILES string of the molecule is Cc1cc(NCc2ccc(C(N)=O)cc2Cl)cc(C)c1Br. The molecule has 0 unspecified atom stereocenters. The highest BCUT2D eigenvalue weighted by Gasteiger charge is 2.07. The molecule has 0 saturated heterocycles. The fourth-order valence-electron chi connectivity index (χ4n) is 2.09. The first-order chi connectivity index (χ1) is 9.88. The Labute approximate surface area is 137 Å². The molecule has 0 bridgehead atoms. The third-order valence-electron chi connectivity index (χ3n) is 3.26. The lowest BCUT2D eigenvalue weighted by atomic mass is 10.1. The zero-order chi connectivity index (χ0) is 15.6. The summed E-state index contributed by atoms with van der Waals surface area (Å²) in [5.41, 5.74) is 9.94. The van der Waals surface area contributed by atoms with E-state index in [1.807, 2.05) is 6.07 Å². The van der Waals surface area contributed by atoms with Crippen molar-refractivity contribution in [3.05, 3.63) is 62.1 Å². The van der Waals surface area contributed by atoms with Crippen LogP contribution in [-0.2, 0) is 6.54 Å². The summed E-state index contributed by atoms with van der Waals surface area (Å²) in [5.74, 6) is -0.476. The van der Waals surface area contributed by atoms with Crippen LogP contribution in [0.2, 0.25) is 5.02 Å². The van der Waals surface area contributed by atoms with Crippen LogP contribution in [0.25, 0.3) is 0 Å². The summed E-state index contributed by atoms with van der Waals surface area (Å²) in [4.78, 5) is 11.1. The maximum Gasteiger partial charge on any atom is 0.248 e. The topological polar surface area (TPSA) is 55.1 Å². The average molecular weight is 368 g/mol. The van der Waals surface area contributed by atoms with Gasteiger partial charge in [0.1, 0.15) is 0 Å². The molecule has 0 saturated carbocycles. The molecule has 0 atom stereocenters. The Bertz CT molecular complexity index is 678. The molecule has 0 heterocycles. The van der Waals surface area contributed by atoms with Gasteiger partial charge in [0, 0.05) is 27.3 Å². The molecule has 0 radical (unpaired) electrons. The van der Waals surface area contributed by atoms with Crippen molar-refractivity contribution < 1.29 is 4.79 Å². The predicted molar refractivity (Wildman–Crippen MR) is 90.9 cm³/mol. The van der Waals surface area contributed by atoms with Crippen molar-refractivity contribution >= 4 is 39.1 Å². The smallest absolute Gasteiger partial charge is 0.248 e. The number of halogens is 2. The van der Waals surface area contributed by atoms with Crippen LogP contribution < -0.4 is 11.1 Å². The summed E-state index contributed by atoms with van der Waals surface area (Å²) in [6.07, 6.45) is 0. The largest absolute Gasteiger partial charge is 0.381 e. The fourth-order valence-corrected chi connectivity index (χ4v) is 2.57. The molecule has 2 aromatic rings. The summed E-state index contributed by atoms with van der Waals surface area (Å²) in [6, 6.07) is 9.24. The van der Waals surface area contributed by atoms with Crippen molar-refractivity contribution in [1.29, 1.82) is 0 Å². The second kappa shape index (κ2) is 6.50. The third kappa shape index (κ3) is 3.77. The van der Waals surface area contributed by atoms with Gasteiger partial charge in [-0.25, -0.2) is 0 Å². The number of primary amides is 1. The van der Waals surface area contributed by atoms with Crippen LogP contribution in [0, 0.1) is 13.8 Å². The van der Waals surface area contributed by atoms with Crippen LogP contribution in [0.15, 0.2) is 34.8 Å². The van der Waals surface area contributed by atoms with Gasteiger partial charge in [-0.1, -0.05) is 33.6 Å². The molecular weight excluding hydrogens is 352 g/mol. The molecule has 0 aliphatic heterocycles. The molecule has 1 amide bonds. The molecule has 0 fully saturated rings. The lowest BCUT2D eigenvalue weighted by molar-refractivity contribution is 0.100. The molecule has 110 valence electrons. The number of amides is 1. The van der Waals surface area contributed by atoms with E-state index in [1.54, 1.807) is 12.1 Å². The van der Waals surface area contributed by atoms with Crippen molar-refractivity contribution in [2.75, 3.05) is 5.32 Å². The predicted octanol–water partition coefficient (Wildman–Crippen LogP) is 4.43. The van der Waals surface area contributed by atoms with Gasteiger partial charge >= 0.3 is 0 Å². The minimum atomic E-state index is -0.476. The number of hydrogen-bond acceptors (Lipinski definition) is 2. The Balaban J connectivity index is 2.15. The third-order valence-corrected chi connectivity index (χ3v) is 4.86. The number of carbonyl (C=O) groups is 1. The quantitative estimate of drug-likeness (QED) is 0.840. The van der Waals surface area contributed by atoms with Crippen LogP contribution in [-0.4, -0.2) is 5.91 Å². The van der Waals surface area contributed by atoms with Gasteiger partial charge < -0.3 is 11.1 Å². The van der Waals surface area contributed by atoms with E-state index in [4.69, 9.17) is 17.3 Å². The zero-order valence-corrected chi connectivity index (χ0v) is 14.2. The van der Waals surface area contributed by atoms with E-state index >= 15 is 0 Å². The number of aryl methyl sites for hydroxylation is 2. The first-order valence-electron chi connectivity index (χ1n) is 6.47. The monoisotopic (exact) mass is 366 g/mol. The van der Waals surface area contributed by atoms with Crippen molar-refractivity contribution in [2.45, 2.75) is 20.4 Å². The van der Waals surface area contributed by atoms with E-state index < -0.39 is 5.91 Å². The Morgan fingerprint density at radius 3 is 2.38 bits per heavy atom. The molecule has 0 aliphatic carbocycles. The van der Waals surface area contributed by atoms with Crippen LogP contribution in [0.1, 0.15) is 27.0 Å². The van der Waals surface area contributed by atoms with Crippen molar-refractivity contribution in [2.24, 2.45) is 5.73 Å². The van der Waals surface area contributed by atoms with Gasteiger partial charge in [-0.2, -0.15) is 0 Å². The number of benzene rings is 2. The van der Waals surface area contributed by atoms with E-state index in [9.17, 15) is 4.79 Å². The molecular formula is C16H16BrClN2O. The number of nitrogens with one attached hydrogen (secondary N) is 1. The molecule has 21 heavy (non-hydrogen) atoms. The Hall–Kier alpha value is -1.52. The Morgan fingerprint density at radius 2 is 1.86 bits per heavy atom. The molecule has 3 nitrogen and oxygen atoms in total. The zero-order valence-electron chi connectivity index (χ0n) is 11.8. The first-order valence-corrected chi connectivity index (χ1v) is 7.64. The molecule has 3 N–H and O–H groups in total. The molecule has 2 rings (SSSR count). The average Bonchev–Trinajstić information content (AvgIpc) is 2.43. The lowest BCUT2D eigenvalue weighted by Crippen LogP contribution is -2.11. The van der Waals surface area contributed by atoms with Gasteiger partial charge in [0.25, 0.3) is 0 Å². The normalized spacial score (nSPS) is 10.5. The van der Waals surface area contributed by atoms with Crippen molar-refractivity contribution in [3.63, 3.8) is 0 Å². The summed E-state index contributed by atoms with van der Waals surface area (Å²) in [5, 5.41) is 3.87. The highest BCUT2D eigenvalue weighted by molar-refractivity contribution is 9.10. The van der Waals surface area contributed by atoms with Crippen LogP contribution >= 0.6 is 27.5 Å². The molecule has 0 aliphatic rings. The number of anilines is 1. The summed E-state index contributed by atoms with van der Waals surface area (Å²) >= 11 is 9.72. The van der Waals surface area contributed by atoms with Gasteiger partial charge in [0.2, 0.25) is 5.91 Å². The van der Waals surface area contributed by atoms with Crippen LogP contribution in [0.5, 0.6) is 0 Å². The maximum atomic E-state index is 11.1. The maximum absolute atomic E-state index is 11.1. The number of carbonyl (C=O) groups excluding carboxylic acids is 1. The van der Waals surface area contributed by atoms with E-state index in [-0.39, 0.29) is 0 Å². The Morgan fingerprint density at radius 1 is 1.24 bits per heavy atom. The summed E-state index contributed by atoms with van der Waals surface area (Å²) < 4.78 is 1.12. The highest BCUT2D eigenvalue weighted by atomic mass is 79.9. The molecule has 5 heteroatoms.